The summed E-state index contributed by atoms with van der Waals surface area (Å²) in [5.41, 5.74) is 1.63. The number of amides is 2. The number of benzene rings is 1. The van der Waals surface area contributed by atoms with Crippen molar-refractivity contribution in [2.24, 2.45) is 4.99 Å². The van der Waals surface area contributed by atoms with Crippen molar-refractivity contribution in [1.29, 1.82) is 0 Å². The molecule has 0 heterocycles. The van der Waals surface area contributed by atoms with Gasteiger partial charge in [0, 0.05) is 5.02 Å². The minimum Gasteiger partial charge on any atom is -0.494 e. The third kappa shape index (κ3) is 9.53. The quantitative estimate of drug-likeness (QED) is 0.447. The number of ether oxygens (including phenoxy) is 2. The van der Waals surface area contributed by atoms with Gasteiger partial charge in [0.25, 0.3) is 0 Å². The molecule has 0 unspecified atom stereocenters. The van der Waals surface area contributed by atoms with Crippen molar-refractivity contribution in [1.82, 2.24) is 10.6 Å². The monoisotopic (exact) mass is 371 g/mol. The number of hydrogen-bond acceptors (Lipinski definition) is 6. The SMILES string of the molecule is C=NC(=O)ON(CCCOc1ccc(Cl)cc1)NC(=O)OC(C)(C)C. The maximum atomic E-state index is 11.8. The number of carbonyl (C=O) groups is 2. The molecule has 8 nitrogen and oxygen atoms in total. The number of hydrogen-bond donors (Lipinski definition) is 1. The molecule has 0 aliphatic heterocycles. The van der Waals surface area contributed by atoms with Crippen molar-refractivity contribution in [2.75, 3.05) is 13.2 Å². The Labute approximate surface area is 151 Å². The average Bonchev–Trinajstić information content (AvgIpc) is 2.51. The summed E-state index contributed by atoms with van der Waals surface area (Å²) in [5, 5.41) is 1.54. The van der Waals surface area contributed by atoms with Crippen LogP contribution >= 0.6 is 11.6 Å². The van der Waals surface area contributed by atoms with E-state index >= 15 is 0 Å². The van der Waals surface area contributed by atoms with Gasteiger partial charge in [-0.1, -0.05) is 11.6 Å². The largest absolute Gasteiger partial charge is 0.494 e. The van der Waals surface area contributed by atoms with E-state index in [2.05, 4.69) is 17.1 Å². The average molecular weight is 372 g/mol. The number of aliphatic imine (C=N–C) groups is 1. The Balaban J connectivity index is 2.46. The van der Waals surface area contributed by atoms with Crippen molar-refractivity contribution < 1.29 is 23.9 Å². The van der Waals surface area contributed by atoms with Crippen LogP contribution in [0, 0.1) is 0 Å². The Morgan fingerprint density at radius 3 is 2.48 bits per heavy atom. The fourth-order valence-corrected chi connectivity index (χ4v) is 1.71. The molecule has 138 valence electrons. The van der Waals surface area contributed by atoms with E-state index in [4.69, 9.17) is 25.9 Å². The molecule has 0 spiro atoms. The predicted octanol–water partition coefficient (Wildman–Crippen LogP) is 3.60. The van der Waals surface area contributed by atoms with Crippen LogP contribution in [0.4, 0.5) is 9.59 Å². The number of nitrogens with one attached hydrogen (secondary N) is 1. The number of halogens is 1. The van der Waals surface area contributed by atoms with Crippen molar-refractivity contribution >= 4 is 30.5 Å². The van der Waals surface area contributed by atoms with Crippen molar-refractivity contribution in [3.63, 3.8) is 0 Å². The summed E-state index contributed by atoms with van der Waals surface area (Å²) in [6.07, 6.45) is -1.26. The van der Waals surface area contributed by atoms with E-state index in [-0.39, 0.29) is 6.54 Å². The van der Waals surface area contributed by atoms with Gasteiger partial charge in [-0.2, -0.15) is 4.99 Å². The Hall–Kier alpha value is -2.32. The van der Waals surface area contributed by atoms with E-state index in [1.165, 1.54) is 0 Å². The first-order chi connectivity index (χ1) is 11.7. The zero-order chi connectivity index (χ0) is 18.9. The second kappa shape index (κ2) is 9.85. The van der Waals surface area contributed by atoms with Crippen LogP contribution in [-0.4, -0.2) is 42.8 Å². The predicted molar refractivity (Wildman–Crippen MR) is 93.7 cm³/mol. The zero-order valence-corrected chi connectivity index (χ0v) is 15.2. The molecule has 0 radical (unpaired) electrons. The molecule has 0 aliphatic carbocycles. The van der Waals surface area contributed by atoms with Crippen molar-refractivity contribution in [2.45, 2.75) is 32.8 Å². The Morgan fingerprint density at radius 1 is 1.28 bits per heavy atom. The molecule has 0 saturated heterocycles. The number of nitrogens with zero attached hydrogens (tertiary/aromatic N) is 2. The lowest BCUT2D eigenvalue weighted by Gasteiger charge is -2.24. The van der Waals surface area contributed by atoms with Crippen LogP contribution in [0.25, 0.3) is 0 Å². The second-order valence-electron chi connectivity index (χ2n) is 5.89. The van der Waals surface area contributed by atoms with Crippen LogP contribution in [0.1, 0.15) is 27.2 Å². The van der Waals surface area contributed by atoms with Gasteiger partial charge >= 0.3 is 12.2 Å². The smallest absolute Gasteiger partial charge is 0.453 e. The number of carbonyl (C=O) groups excluding carboxylic acids is 2. The Bertz CT molecular complexity index is 586. The van der Waals surface area contributed by atoms with E-state index in [1.807, 2.05) is 0 Å². The highest BCUT2D eigenvalue weighted by atomic mass is 35.5. The molecule has 1 rings (SSSR count). The number of hydroxylamine groups is 1. The first-order valence-electron chi connectivity index (χ1n) is 7.54. The Kier molecular flexibility index (Phi) is 8.17. The molecular formula is C16H22ClN3O5. The van der Waals surface area contributed by atoms with Gasteiger partial charge in [0.1, 0.15) is 11.4 Å². The van der Waals surface area contributed by atoms with Crippen LogP contribution in [0.5, 0.6) is 5.75 Å². The summed E-state index contributed by atoms with van der Waals surface area (Å²) in [6, 6.07) is 6.90. The van der Waals surface area contributed by atoms with Gasteiger partial charge in [0.05, 0.1) is 13.2 Å². The zero-order valence-electron chi connectivity index (χ0n) is 14.5. The summed E-state index contributed by atoms with van der Waals surface area (Å²) in [5.74, 6) is 0.654. The van der Waals surface area contributed by atoms with Gasteiger partial charge in [0.2, 0.25) is 0 Å². The highest BCUT2D eigenvalue weighted by molar-refractivity contribution is 6.30. The third-order valence-corrected chi connectivity index (χ3v) is 2.77. The highest BCUT2D eigenvalue weighted by Crippen LogP contribution is 2.15. The molecule has 1 aromatic rings. The summed E-state index contributed by atoms with van der Waals surface area (Å²) in [4.78, 5) is 31.0. The van der Waals surface area contributed by atoms with E-state index in [1.54, 1.807) is 45.0 Å². The van der Waals surface area contributed by atoms with E-state index in [0.29, 0.717) is 23.8 Å². The molecule has 0 fully saturated rings. The lowest BCUT2D eigenvalue weighted by atomic mass is 10.2. The second-order valence-corrected chi connectivity index (χ2v) is 6.32. The highest BCUT2D eigenvalue weighted by Gasteiger charge is 2.20. The molecule has 25 heavy (non-hydrogen) atoms. The molecule has 0 atom stereocenters. The van der Waals surface area contributed by atoms with Gasteiger partial charge in [0.15, 0.2) is 0 Å². The Morgan fingerprint density at radius 2 is 1.92 bits per heavy atom. The molecule has 1 aromatic carbocycles. The first-order valence-corrected chi connectivity index (χ1v) is 7.91. The molecule has 0 aliphatic rings. The van der Waals surface area contributed by atoms with Gasteiger partial charge in [-0.3, -0.25) is 0 Å². The van der Waals surface area contributed by atoms with Gasteiger partial charge in [-0.15, -0.1) is 0 Å². The lowest BCUT2D eigenvalue weighted by Crippen LogP contribution is -2.46. The van der Waals surface area contributed by atoms with Crippen LogP contribution < -0.4 is 10.2 Å². The summed E-state index contributed by atoms with van der Waals surface area (Å²) >= 11 is 5.79. The minimum atomic E-state index is -0.949. The van der Waals surface area contributed by atoms with Crippen LogP contribution in [0.2, 0.25) is 5.02 Å². The van der Waals surface area contributed by atoms with E-state index in [9.17, 15) is 9.59 Å². The third-order valence-electron chi connectivity index (χ3n) is 2.52. The van der Waals surface area contributed by atoms with Crippen molar-refractivity contribution in [3.05, 3.63) is 29.3 Å². The van der Waals surface area contributed by atoms with E-state index in [0.717, 1.165) is 5.17 Å². The fraction of sp³-hybridized carbons (Fsp3) is 0.438. The first kappa shape index (κ1) is 20.7. The lowest BCUT2D eigenvalue weighted by molar-refractivity contribution is -0.135. The maximum absolute atomic E-state index is 11.8. The molecule has 0 bridgehead atoms. The van der Waals surface area contributed by atoms with Crippen LogP contribution in [0.15, 0.2) is 29.3 Å². The standard InChI is InChI=1S/C16H22ClN3O5/c1-16(2,3)24-15(22)19-20(25-14(21)18-4)10-5-11-23-13-8-6-12(17)7-9-13/h6-9H,4-5,10-11H2,1-3H3,(H,19,22). The topological polar surface area (TPSA) is 89.5 Å². The van der Waals surface area contributed by atoms with Crippen LogP contribution in [0.3, 0.4) is 0 Å². The van der Waals surface area contributed by atoms with E-state index < -0.39 is 17.8 Å². The molecule has 0 saturated carbocycles. The van der Waals surface area contributed by atoms with Gasteiger partial charge < -0.3 is 14.3 Å². The number of rotatable bonds is 7. The summed E-state index contributed by atoms with van der Waals surface area (Å²) < 4.78 is 10.6. The van der Waals surface area contributed by atoms with Crippen molar-refractivity contribution in [3.8, 4) is 5.75 Å². The molecule has 0 aromatic heterocycles. The normalized spacial score (nSPS) is 10.9. The summed E-state index contributed by atoms with van der Waals surface area (Å²) in [6.45, 7) is 8.70. The van der Waals surface area contributed by atoms with Crippen LogP contribution in [-0.2, 0) is 9.57 Å². The molecule has 2 amide bonds. The number of hydrazine groups is 1. The summed E-state index contributed by atoms with van der Waals surface area (Å²) in [7, 11) is 0. The molecule has 1 N–H and O–H groups in total. The van der Waals surface area contributed by atoms with Gasteiger partial charge in [-0.05, 0) is 63.3 Å². The fourth-order valence-electron chi connectivity index (χ4n) is 1.58. The van der Waals surface area contributed by atoms with Gasteiger partial charge in [-0.25, -0.2) is 15.0 Å². The maximum Gasteiger partial charge on any atom is 0.453 e. The molecular weight excluding hydrogens is 350 g/mol. The molecule has 9 heteroatoms. The minimum absolute atomic E-state index is 0.161.